The van der Waals surface area contributed by atoms with Gasteiger partial charge in [-0.05, 0) is 74.1 Å². The first-order chi connectivity index (χ1) is 29.3. The third kappa shape index (κ3) is 12.0. The number of hydrogen-bond acceptors (Lipinski definition) is 8. The first kappa shape index (κ1) is 46.9. The number of pyridine rings is 2. The van der Waals surface area contributed by atoms with Crippen LogP contribution < -0.4 is 15.2 Å². The Morgan fingerprint density at radius 2 is 1.48 bits per heavy atom. The Bertz CT molecular complexity index is 2230. The lowest BCUT2D eigenvalue weighted by Gasteiger charge is -2.32. The number of carboxylic acid groups (broad SMARTS) is 2. The summed E-state index contributed by atoms with van der Waals surface area (Å²) >= 11 is 0. The fraction of sp³-hybridized carbons (Fsp3) is 0.419. The van der Waals surface area contributed by atoms with Crippen LogP contribution >= 0.6 is 0 Å². The van der Waals surface area contributed by atoms with Gasteiger partial charge in [0.15, 0.2) is 5.82 Å². The molecule has 1 aromatic carbocycles. The largest absolute Gasteiger partial charge is 0.481 e. The van der Waals surface area contributed by atoms with Gasteiger partial charge in [-0.15, -0.1) is 4.59 Å². The number of carboxylic acids is 2. The van der Waals surface area contributed by atoms with Crippen LogP contribution in [0.15, 0.2) is 84.0 Å². The van der Waals surface area contributed by atoms with Crippen LogP contribution in [0.4, 0.5) is 37.8 Å². The average Bonchev–Trinajstić information content (AvgIpc) is 3.81. The number of alkyl halides is 6. The minimum absolute atomic E-state index is 0.0515. The molecule has 0 spiro atoms. The minimum Gasteiger partial charge on any atom is -0.481 e. The Labute approximate surface area is 354 Å². The van der Waals surface area contributed by atoms with E-state index in [1.807, 2.05) is 25.3 Å². The monoisotopic (exact) mass is 871 g/mol. The molecule has 3 aromatic heterocycles. The van der Waals surface area contributed by atoms with Gasteiger partial charge in [-0.3, -0.25) is 9.59 Å². The van der Waals surface area contributed by atoms with Crippen LogP contribution in [0.2, 0.25) is 0 Å². The van der Waals surface area contributed by atoms with Crippen molar-refractivity contribution in [1.29, 1.82) is 0 Å². The molecule has 4 aromatic rings. The van der Waals surface area contributed by atoms with Gasteiger partial charge in [0.2, 0.25) is 0 Å². The molecule has 13 nitrogen and oxygen atoms in total. The van der Waals surface area contributed by atoms with E-state index in [0.29, 0.717) is 42.3 Å². The van der Waals surface area contributed by atoms with Crippen molar-refractivity contribution in [2.75, 3.05) is 18.9 Å². The van der Waals surface area contributed by atoms with Gasteiger partial charge in [0.05, 0.1) is 29.3 Å². The van der Waals surface area contributed by atoms with Crippen molar-refractivity contribution in [3.05, 3.63) is 107 Å². The number of aryl methyl sites for hydroxylation is 1. The maximum Gasteiger partial charge on any atom is 0.417 e. The summed E-state index contributed by atoms with van der Waals surface area (Å²) in [5, 5.41) is 33.3. The van der Waals surface area contributed by atoms with E-state index in [2.05, 4.69) is 32.6 Å². The predicted molar refractivity (Wildman–Crippen MR) is 219 cm³/mol. The minimum atomic E-state index is -4.46. The molecule has 0 bridgehead atoms. The zero-order valence-electron chi connectivity index (χ0n) is 34.4. The van der Waals surface area contributed by atoms with Crippen LogP contribution in [0.3, 0.4) is 0 Å². The molecule has 1 saturated carbocycles. The van der Waals surface area contributed by atoms with Crippen LogP contribution in [-0.4, -0.2) is 67.1 Å². The summed E-state index contributed by atoms with van der Waals surface area (Å²) in [6.45, 7) is 4.00. The van der Waals surface area contributed by atoms with Gasteiger partial charge in [-0.1, -0.05) is 51.1 Å². The van der Waals surface area contributed by atoms with Crippen molar-refractivity contribution in [2.45, 2.75) is 96.5 Å². The molecule has 1 fully saturated rings. The Morgan fingerprint density at radius 1 is 0.855 bits per heavy atom. The van der Waals surface area contributed by atoms with E-state index >= 15 is 0 Å². The van der Waals surface area contributed by atoms with Crippen LogP contribution in [0.1, 0.15) is 110 Å². The number of rotatable bonds is 15. The van der Waals surface area contributed by atoms with Crippen molar-refractivity contribution in [3.63, 3.8) is 0 Å². The highest BCUT2D eigenvalue weighted by Gasteiger charge is 2.38. The molecular formula is C43H49F6N8O5+. The van der Waals surface area contributed by atoms with Crippen molar-refractivity contribution in [3.8, 4) is 5.82 Å². The zero-order chi connectivity index (χ0) is 45.2. The van der Waals surface area contributed by atoms with Crippen molar-refractivity contribution < 1.29 is 50.9 Å². The normalized spacial score (nSPS) is 17.3. The second kappa shape index (κ2) is 20.2. The smallest absolute Gasteiger partial charge is 0.417 e. The first-order valence-corrected chi connectivity index (χ1v) is 20.3. The summed E-state index contributed by atoms with van der Waals surface area (Å²) < 4.78 is 78.1. The highest BCUT2D eigenvalue weighted by molar-refractivity contribution is 6.20. The molecule has 1 aliphatic carbocycles. The fourth-order valence-corrected chi connectivity index (χ4v) is 7.32. The number of aliphatic carboxylic acids is 2. The average molecular weight is 872 g/mol. The van der Waals surface area contributed by atoms with Gasteiger partial charge in [-0.25, -0.2) is 19.4 Å². The molecule has 6 rings (SSSR count). The number of hydrogen-bond donors (Lipinski definition) is 4. The molecule has 332 valence electrons. The molecule has 2 unspecified atom stereocenters. The maximum atomic E-state index is 13.0. The fourth-order valence-electron chi connectivity index (χ4n) is 7.32. The molecule has 0 radical (unpaired) electrons. The lowest BCUT2D eigenvalue weighted by Crippen LogP contribution is -2.32. The summed E-state index contributed by atoms with van der Waals surface area (Å²) in [6, 6.07) is 11.4. The molecule has 2 atom stereocenters. The number of benzene rings is 1. The molecule has 0 saturated heterocycles. The van der Waals surface area contributed by atoms with E-state index in [9.17, 15) is 45.8 Å². The maximum absolute atomic E-state index is 13.0. The summed E-state index contributed by atoms with van der Waals surface area (Å²) in [4.78, 5) is 42.1. The molecule has 4 heterocycles. The van der Waals surface area contributed by atoms with Crippen LogP contribution in [-0.2, 0) is 28.4 Å². The molecule has 2 aliphatic rings. The van der Waals surface area contributed by atoms with E-state index in [1.165, 1.54) is 24.8 Å². The topological polar surface area (TPSA) is 172 Å². The standard InChI is InChI=1S/C29H34F3N5O3.C14H14F3N3O2/c1-2-6-24-23(18-37(36-24)25-14-11-21(17-34-25)29(30,31)32)27(19-7-4-3-5-8-19)35-22-12-9-20(10-13-22)28(40)33-16-15-26(38)39;1-3-4-11-10(13(21)22)8-20(2,19-11)12-6-5-9(7-18-12)14(15,16)17/h9-14,17-19,27,35H,2-8,15-16H2,1H3,(H,33,40)(H,38,39);5-8H,3-4H2,1-2H3/p+1. The van der Waals surface area contributed by atoms with Crippen molar-refractivity contribution in [1.82, 2.24) is 29.7 Å². The lowest BCUT2D eigenvalue weighted by molar-refractivity contribution is -0.138. The number of anilines is 1. The highest BCUT2D eigenvalue weighted by Crippen LogP contribution is 2.39. The van der Waals surface area contributed by atoms with Crippen LogP contribution in [0.5, 0.6) is 0 Å². The molecule has 4 N–H and O–H groups in total. The van der Waals surface area contributed by atoms with E-state index in [0.717, 1.165) is 73.6 Å². The van der Waals surface area contributed by atoms with Crippen LogP contribution in [0, 0.1) is 5.92 Å². The van der Waals surface area contributed by atoms with E-state index in [1.54, 1.807) is 23.9 Å². The first-order valence-electron chi connectivity index (χ1n) is 20.3. The van der Waals surface area contributed by atoms with E-state index in [-0.39, 0.29) is 40.9 Å². The Kier molecular flexibility index (Phi) is 15.3. The number of aromatic nitrogens is 4. The third-order valence-corrected chi connectivity index (χ3v) is 10.4. The summed E-state index contributed by atoms with van der Waals surface area (Å²) in [6.07, 6.45) is 3.99. The van der Waals surface area contributed by atoms with E-state index < -0.39 is 35.4 Å². The number of amides is 1. The molecule has 19 heteroatoms. The number of carbonyl (C=O) groups is 3. The quantitative estimate of drug-likeness (QED) is 0.0671. The SMILES string of the molecule is CCCC1=N[N+](C)(c2ccc(C(F)(F)F)cn2)C=C1C(=O)O.CCCc1nn(-c2ccc(C(F)(F)F)cn2)cc1C(Nc1ccc(C(=O)NCCC(=O)O)cc1)C1CCCCC1. The second-order valence-electron chi connectivity index (χ2n) is 15.2. The summed E-state index contributed by atoms with van der Waals surface area (Å²) in [5.74, 6) is -1.56. The number of carbonyl (C=O) groups excluding carboxylic acids is 1. The van der Waals surface area contributed by atoms with E-state index in [4.69, 9.17) is 10.2 Å². The van der Waals surface area contributed by atoms with Gasteiger partial charge in [0.25, 0.3) is 11.7 Å². The van der Waals surface area contributed by atoms with Gasteiger partial charge in [-0.2, -0.15) is 31.4 Å². The zero-order valence-corrected chi connectivity index (χ0v) is 34.4. The third-order valence-electron chi connectivity index (χ3n) is 10.4. The predicted octanol–water partition coefficient (Wildman–Crippen LogP) is 9.35. The lowest BCUT2D eigenvalue weighted by atomic mass is 9.80. The van der Waals surface area contributed by atoms with Gasteiger partial charge in [0.1, 0.15) is 24.5 Å². The van der Waals surface area contributed by atoms with Gasteiger partial charge in [0, 0.05) is 48.0 Å². The van der Waals surface area contributed by atoms with Crippen LogP contribution in [0.25, 0.3) is 5.82 Å². The summed E-state index contributed by atoms with van der Waals surface area (Å²) in [7, 11) is 1.57. The molecule has 1 aliphatic heterocycles. The highest BCUT2D eigenvalue weighted by atomic mass is 19.4. The van der Waals surface area contributed by atoms with Crippen molar-refractivity contribution in [2.24, 2.45) is 11.0 Å². The Morgan fingerprint density at radius 3 is 2.02 bits per heavy atom. The Balaban J connectivity index is 0.000000278. The number of nitrogens with zero attached hydrogens (tertiary/aromatic N) is 6. The molecule has 62 heavy (non-hydrogen) atoms. The van der Waals surface area contributed by atoms with Crippen molar-refractivity contribution >= 4 is 35.1 Å². The second-order valence-corrected chi connectivity index (χ2v) is 15.2. The number of nitrogens with one attached hydrogen (secondary N) is 2. The summed E-state index contributed by atoms with van der Waals surface area (Å²) in [5.41, 5.74) is 1.93. The number of quaternary nitrogens is 1. The Hall–Kier alpha value is -6.11. The molecule has 1 amide bonds. The number of halogens is 6. The molecular weight excluding hydrogens is 823 g/mol. The van der Waals surface area contributed by atoms with Gasteiger partial charge < -0.3 is 20.8 Å². The van der Waals surface area contributed by atoms with Gasteiger partial charge >= 0.3 is 24.3 Å².